The smallest absolute Gasteiger partial charge is 0.339 e. The largest absolute Gasteiger partial charge is 0.507 e. The van der Waals surface area contributed by atoms with Crippen LogP contribution < -0.4 is 14.7 Å². The summed E-state index contributed by atoms with van der Waals surface area (Å²) >= 11 is 1.70. The van der Waals surface area contributed by atoms with Crippen molar-refractivity contribution in [2.24, 2.45) is 0 Å². The van der Waals surface area contributed by atoms with Gasteiger partial charge in [-0.1, -0.05) is 79.7 Å². The fourth-order valence-corrected chi connectivity index (χ4v) is 10.9. The summed E-state index contributed by atoms with van der Waals surface area (Å²) in [7, 11) is 0. The SMILES string of the molecule is CC1(C)CCN2CCC(C)(C)c3cc(N(c4ccc(-c5ccc(/C=C/c6ccc(O)c(C(=O)O)c6)s5)cc4)c4cc5c6c(c4)C(C)(C)CCN6CCC5(C)C)cc1c32. The van der Waals surface area contributed by atoms with Crippen molar-refractivity contribution in [3.05, 3.63) is 117 Å². The molecule has 0 unspecified atom stereocenters. The lowest BCUT2D eigenvalue weighted by Crippen LogP contribution is -2.45. The van der Waals surface area contributed by atoms with Crippen molar-refractivity contribution < 1.29 is 15.0 Å². The van der Waals surface area contributed by atoms with Gasteiger partial charge in [-0.25, -0.2) is 4.79 Å². The maximum Gasteiger partial charge on any atom is 0.339 e. The van der Waals surface area contributed by atoms with Gasteiger partial charge in [0.25, 0.3) is 0 Å². The first-order valence-electron chi connectivity index (χ1n) is 21.0. The van der Waals surface area contributed by atoms with Gasteiger partial charge in [-0.2, -0.15) is 0 Å². The molecule has 0 amide bonds. The number of benzene rings is 4. The Morgan fingerprint density at radius 1 is 0.603 bits per heavy atom. The van der Waals surface area contributed by atoms with Crippen molar-refractivity contribution in [1.82, 2.24) is 0 Å². The summed E-state index contributed by atoms with van der Waals surface area (Å²) in [5.74, 6) is -1.37. The van der Waals surface area contributed by atoms with E-state index in [1.165, 1.54) is 62.0 Å². The van der Waals surface area contributed by atoms with Crippen LogP contribution in [-0.2, 0) is 21.7 Å². The van der Waals surface area contributed by atoms with E-state index in [1.807, 2.05) is 12.2 Å². The van der Waals surface area contributed by atoms with Crippen LogP contribution in [0.1, 0.15) is 124 Å². The van der Waals surface area contributed by atoms with E-state index in [0.717, 1.165) is 73.6 Å². The predicted octanol–water partition coefficient (Wildman–Crippen LogP) is 12.8. The zero-order chi connectivity index (χ0) is 40.9. The molecule has 4 aliphatic heterocycles. The van der Waals surface area contributed by atoms with Crippen molar-refractivity contribution in [2.75, 3.05) is 40.9 Å². The Kier molecular flexibility index (Phi) is 8.98. The maximum absolute atomic E-state index is 11.6. The summed E-state index contributed by atoms with van der Waals surface area (Å²) in [6, 6.07) is 28.1. The first-order chi connectivity index (χ1) is 27.4. The minimum atomic E-state index is -1.14. The van der Waals surface area contributed by atoms with Gasteiger partial charge in [0.15, 0.2) is 0 Å². The normalized spacial score (nSPS) is 19.4. The van der Waals surface area contributed by atoms with Crippen molar-refractivity contribution in [2.45, 2.75) is 103 Å². The molecule has 0 fully saturated rings. The standard InChI is InChI=1S/C51H57N3O3S/c1-48(2)19-23-52-24-20-49(3,4)40-29-35(28-39(48)45(40)52)54(36-30-41-46-42(31-36)51(7,8)22-26-53(46)25-21-50(41,5)6)34-13-11-33(12-14-34)44-18-16-37(58-44)15-9-32-10-17-43(55)38(27-32)47(56)57/h9-18,27-31,55H,19-26H2,1-8H3,(H,56,57)/b15-9+. The molecule has 1 aromatic heterocycles. The van der Waals surface area contributed by atoms with Gasteiger partial charge in [0.1, 0.15) is 11.3 Å². The summed E-state index contributed by atoms with van der Waals surface area (Å²) in [4.78, 5) is 21.7. The quantitative estimate of drug-likeness (QED) is 0.171. The van der Waals surface area contributed by atoms with E-state index in [1.54, 1.807) is 17.4 Å². The van der Waals surface area contributed by atoms with Crippen LogP contribution in [-0.4, -0.2) is 42.4 Å². The van der Waals surface area contributed by atoms with Crippen LogP contribution in [0, 0.1) is 0 Å². The van der Waals surface area contributed by atoms with E-state index in [0.29, 0.717) is 0 Å². The Morgan fingerprint density at radius 3 is 1.52 bits per heavy atom. The number of carbonyl (C=O) groups is 1. The molecule has 58 heavy (non-hydrogen) atoms. The number of carboxylic acids is 1. The molecular weight excluding hydrogens is 735 g/mol. The molecule has 7 heteroatoms. The van der Waals surface area contributed by atoms with Gasteiger partial charge in [-0.3, -0.25) is 0 Å². The average molecular weight is 792 g/mol. The molecule has 5 heterocycles. The lowest BCUT2D eigenvalue weighted by atomic mass is 9.69. The van der Waals surface area contributed by atoms with E-state index in [2.05, 4.69) is 131 Å². The first kappa shape index (κ1) is 38.5. The van der Waals surface area contributed by atoms with Crippen molar-refractivity contribution in [3.63, 3.8) is 0 Å². The zero-order valence-electron chi connectivity index (χ0n) is 35.4. The number of hydrogen-bond acceptors (Lipinski definition) is 6. The molecular formula is C51H57N3O3S. The topological polar surface area (TPSA) is 67.2 Å². The number of phenols is 1. The van der Waals surface area contributed by atoms with Crippen LogP contribution in [0.15, 0.2) is 78.9 Å². The third-order valence-electron chi connectivity index (χ3n) is 14.0. The molecule has 0 radical (unpaired) electrons. The van der Waals surface area contributed by atoms with Crippen LogP contribution in [0.4, 0.5) is 28.4 Å². The highest BCUT2D eigenvalue weighted by Crippen LogP contribution is 2.55. The van der Waals surface area contributed by atoms with Crippen LogP contribution >= 0.6 is 11.3 Å². The van der Waals surface area contributed by atoms with Crippen molar-refractivity contribution >= 4 is 57.9 Å². The van der Waals surface area contributed by atoms with E-state index in [-0.39, 0.29) is 33.0 Å². The number of carboxylic acid groups (broad SMARTS) is 1. The third kappa shape index (κ3) is 6.50. The highest BCUT2D eigenvalue weighted by Gasteiger charge is 2.43. The van der Waals surface area contributed by atoms with E-state index in [9.17, 15) is 15.0 Å². The second kappa shape index (κ2) is 13.5. The van der Waals surface area contributed by atoms with Crippen LogP contribution in [0.3, 0.4) is 0 Å². The zero-order valence-corrected chi connectivity index (χ0v) is 36.2. The minimum Gasteiger partial charge on any atom is -0.507 e. The molecule has 4 aromatic carbocycles. The Balaban J connectivity index is 1.16. The van der Waals surface area contributed by atoms with Gasteiger partial charge in [-0.05, 0) is 147 Å². The molecule has 5 aromatic rings. The summed E-state index contributed by atoms with van der Waals surface area (Å²) in [6.45, 7) is 24.0. The summed E-state index contributed by atoms with van der Waals surface area (Å²) in [6.07, 6.45) is 8.49. The molecule has 0 saturated carbocycles. The van der Waals surface area contributed by atoms with Gasteiger partial charge in [0.2, 0.25) is 0 Å². The van der Waals surface area contributed by atoms with E-state index >= 15 is 0 Å². The highest BCUT2D eigenvalue weighted by atomic mass is 32.1. The number of aromatic carboxylic acids is 1. The highest BCUT2D eigenvalue weighted by molar-refractivity contribution is 7.16. The van der Waals surface area contributed by atoms with Crippen molar-refractivity contribution in [3.8, 4) is 16.2 Å². The van der Waals surface area contributed by atoms with Gasteiger partial charge < -0.3 is 24.9 Å². The fraction of sp³-hybridized carbons (Fsp3) is 0.392. The minimum absolute atomic E-state index is 0.0675. The lowest BCUT2D eigenvalue weighted by molar-refractivity contribution is 0.0693. The monoisotopic (exact) mass is 791 g/mol. The van der Waals surface area contributed by atoms with E-state index in [4.69, 9.17) is 0 Å². The third-order valence-corrected chi connectivity index (χ3v) is 15.1. The van der Waals surface area contributed by atoms with Gasteiger partial charge in [-0.15, -0.1) is 11.3 Å². The number of nitrogens with zero attached hydrogens (tertiary/aromatic N) is 3. The molecule has 6 nitrogen and oxygen atoms in total. The van der Waals surface area contributed by atoms with Crippen molar-refractivity contribution in [1.29, 1.82) is 0 Å². The molecule has 0 bridgehead atoms. The molecule has 0 atom stereocenters. The molecule has 0 saturated heterocycles. The predicted molar refractivity (Wildman–Crippen MR) is 243 cm³/mol. The number of rotatable bonds is 7. The number of thiophene rings is 1. The molecule has 4 aliphatic rings. The number of hydrogen-bond donors (Lipinski definition) is 2. The average Bonchev–Trinajstić information content (AvgIpc) is 3.66. The Hall–Kier alpha value is -5.01. The van der Waals surface area contributed by atoms with Crippen LogP contribution in [0.25, 0.3) is 22.6 Å². The fourth-order valence-electron chi connectivity index (χ4n) is 9.94. The molecule has 0 spiro atoms. The summed E-state index contributed by atoms with van der Waals surface area (Å²) in [5.41, 5.74) is 14.5. The van der Waals surface area contributed by atoms with Crippen LogP contribution in [0.5, 0.6) is 5.75 Å². The molecule has 2 N–H and O–H groups in total. The molecule has 9 rings (SSSR count). The van der Waals surface area contributed by atoms with Gasteiger partial charge in [0, 0.05) is 64.4 Å². The second-order valence-corrected chi connectivity index (χ2v) is 20.9. The molecule has 0 aliphatic carbocycles. The van der Waals surface area contributed by atoms with E-state index < -0.39 is 5.97 Å². The second-order valence-electron chi connectivity index (χ2n) is 19.8. The van der Waals surface area contributed by atoms with Gasteiger partial charge >= 0.3 is 5.97 Å². The summed E-state index contributed by atoms with van der Waals surface area (Å²) in [5, 5.41) is 19.4. The number of aromatic hydroxyl groups is 1. The Bertz CT molecular complexity index is 2310. The van der Waals surface area contributed by atoms with Crippen LogP contribution in [0.2, 0.25) is 0 Å². The molecule has 300 valence electrons. The Morgan fingerprint density at radius 2 is 1.07 bits per heavy atom. The lowest BCUT2D eigenvalue weighted by Gasteiger charge is -2.49. The first-order valence-corrected chi connectivity index (χ1v) is 21.9. The maximum atomic E-state index is 11.6. The number of anilines is 5. The van der Waals surface area contributed by atoms with Gasteiger partial charge in [0.05, 0.1) is 0 Å². The summed E-state index contributed by atoms with van der Waals surface area (Å²) < 4.78 is 0. The Labute approximate surface area is 348 Å².